The molecule has 0 fully saturated rings. The fraction of sp³-hybridized carbons (Fsp3) is 0.375. The predicted octanol–water partition coefficient (Wildman–Crippen LogP) is 1.22. The summed E-state index contributed by atoms with van der Waals surface area (Å²) < 4.78 is 5.10. The molecule has 0 saturated heterocycles. The third kappa shape index (κ3) is 6.73. The maximum absolute atomic E-state index is 12.2. The van der Waals surface area contributed by atoms with Crippen molar-refractivity contribution in [2.24, 2.45) is 5.73 Å². The van der Waals surface area contributed by atoms with Gasteiger partial charge in [-0.2, -0.15) is 17.0 Å². The van der Waals surface area contributed by atoms with Crippen LogP contribution in [0.3, 0.4) is 0 Å². The number of carbonyl (C=O) groups is 3. The van der Waals surface area contributed by atoms with Crippen molar-refractivity contribution in [3.05, 3.63) is 29.8 Å². The van der Waals surface area contributed by atoms with Gasteiger partial charge in [-0.1, -0.05) is 12.1 Å². The highest BCUT2D eigenvalue weighted by Gasteiger charge is 2.26. The molecule has 0 heterocycles. The number of nitrogens with one attached hydrogen (secondary N) is 2. The first kappa shape index (κ1) is 20.3. The van der Waals surface area contributed by atoms with Crippen LogP contribution in [-0.2, 0) is 14.3 Å². The Morgan fingerprint density at radius 3 is 2.64 bits per heavy atom. The second kappa shape index (κ2) is 10.2. The van der Waals surface area contributed by atoms with Gasteiger partial charge < -0.3 is 21.1 Å². The van der Waals surface area contributed by atoms with E-state index in [1.807, 2.05) is 12.3 Å². The number of ether oxygens (including phenoxy) is 1. The van der Waals surface area contributed by atoms with Gasteiger partial charge >= 0.3 is 12.0 Å². The van der Waals surface area contributed by atoms with Crippen molar-refractivity contribution in [3.63, 3.8) is 0 Å². The van der Waals surface area contributed by atoms with Crippen molar-refractivity contribution in [3.8, 4) is 6.07 Å². The number of amides is 3. The predicted molar refractivity (Wildman–Crippen MR) is 94.8 cm³/mol. The van der Waals surface area contributed by atoms with Crippen LogP contribution < -0.4 is 16.4 Å². The molecule has 3 amide bonds. The highest BCUT2D eigenvalue weighted by Crippen LogP contribution is 2.14. The molecule has 9 heteroatoms. The van der Waals surface area contributed by atoms with E-state index in [9.17, 15) is 14.4 Å². The number of thioether (sulfide) groups is 1. The Bertz CT molecular complexity index is 674. The van der Waals surface area contributed by atoms with Crippen LogP contribution in [0, 0.1) is 11.3 Å². The summed E-state index contributed by atoms with van der Waals surface area (Å²) in [6.07, 6.45) is 1.08. The molecule has 1 rings (SSSR count). The van der Waals surface area contributed by atoms with Crippen molar-refractivity contribution in [1.82, 2.24) is 5.32 Å². The van der Waals surface area contributed by atoms with E-state index in [0.717, 1.165) is 0 Å². The number of nitrogens with zero attached hydrogens (tertiary/aromatic N) is 1. The Hall–Kier alpha value is -2.73. The molecule has 0 radical (unpaired) electrons. The number of primary amides is 1. The zero-order chi connectivity index (χ0) is 18.8. The van der Waals surface area contributed by atoms with Crippen LogP contribution in [0.5, 0.6) is 0 Å². The van der Waals surface area contributed by atoms with Gasteiger partial charge in [-0.15, -0.1) is 0 Å². The van der Waals surface area contributed by atoms with Gasteiger partial charge in [0.1, 0.15) is 12.1 Å². The van der Waals surface area contributed by atoms with E-state index >= 15 is 0 Å². The molecule has 0 saturated carbocycles. The fourth-order valence-corrected chi connectivity index (χ4v) is 2.36. The normalized spacial score (nSPS) is 12.4. The molecule has 134 valence electrons. The molecular weight excluding hydrogens is 344 g/mol. The minimum absolute atomic E-state index is 0.294. The molecule has 0 bridgehead atoms. The smallest absolute Gasteiger partial charge is 0.329 e. The van der Waals surface area contributed by atoms with E-state index in [2.05, 4.69) is 10.6 Å². The summed E-state index contributed by atoms with van der Waals surface area (Å²) in [7, 11) is 0. The second-order valence-electron chi connectivity index (χ2n) is 5.07. The molecule has 8 nitrogen and oxygen atoms in total. The van der Waals surface area contributed by atoms with E-state index in [1.54, 1.807) is 24.3 Å². The number of nitrogens with two attached hydrogens (primary N) is 1. The van der Waals surface area contributed by atoms with E-state index in [1.165, 1.54) is 18.7 Å². The molecule has 0 aliphatic rings. The molecule has 0 aliphatic carbocycles. The quantitative estimate of drug-likeness (QED) is 0.594. The lowest BCUT2D eigenvalue weighted by atomic mass is 10.2. The Labute approximate surface area is 150 Å². The summed E-state index contributed by atoms with van der Waals surface area (Å²) in [5.41, 5.74) is 5.67. The molecule has 0 spiro atoms. The number of hydrogen-bond acceptors (Lipinski definition) is 6. The van der Waals surface area contributed by atoms with Gasteiger partial charge in [-0.05, 0) is 37.5 Å². The first-order valence-corrected chi connectivity index (χ1v) is 8.83. The first-order chi connectivity index (χ1) is 11.9. The van der Waals surface area contributed by atoms with E-state index in [-0.39, 0.29) is 0 Å². The Morgan fingerprint density at radius 1 is 1.36 bits per heavy atom. The van der Waals surface area contributed by atoms with Gasteiger partial charge in [0.2, 0.25) is 0 Å². The summed E-state index contributed by atoms with van der Waals surface area (Å²) in [5.74, 6) is -0.723. The number of nitriles is 1. The van der Waals surface area contributed by atoms with E-state index in [0.29, 0.717) is 23.4 Å². The molecule has 1 aromatic carbocycles. The van der Waals surface area contributed by atoms with Gasteiger partial charge in [0.05, 0.1) is 11.3 Å². The summed E-state index contributed by atoms with van der Waals surface area (Å²) in [6, 6.07) is 6.66. The number of esters is 1. The molecule has 0 aromatic heterocycles. The van der Waals surface area contributed by atoms with Crippen molar-refractivity contribution >= 4 is 35.4 Å². The first-order valence-electron chi connectivity index (χ1n) is 7.44. The van der Waals surface area contributed by atoms with Crippen molar-refractivity contribution in [1.29, 1.82) is 5.26 Å². The summed E-state index contributed by atoms with van der Waals surface area (Å²) in [5, 5.41) is 13.9. The molecule has 0 aliphatic heterocycles. The average Bonchev–Trinajstić information content (AvgIpc) is 2.58. The van der Waals surface area contributed by atoms with Gasteiger partial charge in [-0.25, -0.2) is 9.59 Å². The number of hydrogen-bond donors (Lipinski definition) is 3. The molecule has 4 N–H and O–H groups in total. The standard InChI is InChI=1S/C16H20N4O4S/c1-10(14(21)19-12-6-4-3-5-11(12)9-17)24-15(22)13(7-8-25-2)20-16(18)23/h3-6,10,13H,7-8H2,1-2H3,(H,19,21)(H3,18,20,23)/t10-,13-/m0/s1. The minimum Gasteiger partial charge on any atom is -0.451 e. The zero-order valence-corrected chi connectivity index (χ0v) is 14.8. The van der Waals surface area contributed by atoms with Crippen LogP contribution in [0.1, 0.15) is 18.9 Å². The number of carbonyl (C=O) groups excluding carboxylic acids is 3. The van der Waals surface area contributed by atoms with Crippen LogP contribution in [0.2, 0.25) is 0 Å². The van der Waals surface area contributed by atoms with Crippen LogP contribution >= 0.6 is 11.8 Å². The maximum Gasteiger partial charge on any atom is 0.329 e. The van der Waals surface area contributed by atoms with Crippen LogP contribution in [0.25, 0.3) is 0 Å². The van der Waals surface area contributed by atoms with Gasteiger partial charge in [0, 0.05) is 0 Å². The van der Waals surface area contributed by atoms with Crippen LogP contribution in [0.4, 0.5) is 10.5 Å². The lowest BCUT2D eigenvalue weighted by Crippen LogP contribution is -2.46. The Morgan fingerprint density at radius 2 is 2.04 bits per heavy atom. The molecule has 0 unspecified atom stereocenters. The zero-order valence-electron chi connectivity index (χ0n) is 13.9. The Kier molecular flexibility index (Phi) is 8.29. The van der Waals surface area contributed by atoms with Crippen molar-refractivity contribution in [2.45, 2.75) is 25.5 Å². The summed E-state index contributed by atoms with van der Waals surface area (Å²) >= 11 is 1.50. The van der Waals surface area contributed by atoms with Gasteiger partial charge in [0.15, 0.2) is 6.10 Å². The fourth-order valence-electron chi connectivity index (χ4n) is 1.89. The molecule has 25 heavy (non-hydrogen) atoms. The topological polar surface area (TPSA) is 134 Å². The third-order valence-electron chi connectivity index (χ3n) is 3.18. The minimum atomic E-state index is -1.11. The SMILES string of the molecule is CSCC[C@H](NC(N)=O)C(=O)O[C@@H](C)C(=O)Nc1ccccc1C#N. The average molecular weight is 364 g/mol. The number of rotatable bonds is 8. The lowest BCUT2D eigenvalue weighted by Gasteiger charge is -2.19. The monoisotopic (exact) mass is 364 g/mol. The third-order valence-corrected chi connectivity index (χ3v) is 3.82. The van der Waals surface area contributed by atoms with E-state index in [4.69, 9.17) is 15.7 Å². The highest BCUT2D eigenvalue weighted by atomic mass is 32.2. The van der Waals surface area contributed by atoms with Crippen molar-refractivity contribution < 1.29 is 19.1 Å². The highest BCUT2D eigenvalue weighted by molar-refractivity contribution is 7.98. The number of benzene rings is 1. The van der Waals surface area contributed by atoms with E-state index < -0.39 is 30.1 Å². The van der Waals surface area contributed by atoms with Crippen LogP contribution in [-0.4, -0.2) is 42.1 Å². The summed E-state index contributed by atoms with van der Waals surface area (Å²) in [6.45, 7) is 1.40. The molecule has 2 atom stereocenters. The lowest BCUT2D eigenvalue weighted by molar-refractivity contribution is -0.155. The molecule has 1 aromatic rings. The number of urea groups is 1. The number of para-hydroxylation sites is 1. The Balaban J connectivity index is 2.70. The number of anilines is 1. The van der Waals surface area contributed by atoms with Crippen LogP contribution in [0.15, 0.2) is 24.3 Å². The maximum atomic E-state index is 12.2. The second-order valence-corrected chi connectivity index (χ2v) is 6.05. The molecular formula is C16H20N4O4S. The van der Waals surface area contributed by atoms with Gasteiger partial charge in [0.25, 0.3) is 5.91 Å². The van der Waals surface area contributed by atoms with Crippen molar-refractivity contribution in [2.75, 3.05) is 17.3 Å². The largest absolute Gasteiger partial charge is 0.451 e. The summed E-state index contributed by atoms with van der Waals surface area (Å²) in [4.78, 5) is 35.3. The van der Waals surface area contributed by atoms with Gasteiger partial charge in [-0.3, -0.25) is 4.79 Å².